The third kappa shape index (κ3) is 3.16. The molecule has 0 aliphatic carbocycles. The second-order valence-corrected chi connectivity index (χ2v) is 9.06. The lowest BCUT2D eigenvalue weighted by Crippen LogP contribution is -2.18. The number of anilines is 1. The molecular weight excluding hydrogens is 313 g/mol. The number of nitrogens with zero attached hydrogens (tertiary/aromatic N) is 1. The van der Waals surface area contributed by atoms with Gasteiger partial charge in [-0.3, -0.25) is 0 Å². The first kappa shape index (κ1) is 16.5. The predicted octanol–water partition coefficient (Wildman–Crippen LogP) is 4.36. The average molecular weight is 335 g/mol. The van der Waals surface area contributed by atoms with Crippen molar-refractivity contribution in [1.29, 1.82) is 0 Å². The van der Waals surface area contributed by atoms with Gasteiger partial charge >= 0.3 is 0 Å². The Balaban J connectivity index is 2.09. The maximum Gasteiger partial charge on any atom is 0.140 e. The number of rotatable bonds is 4. The Labute approximate surface area is 144 Å². The van der Waals surface area contributed by atoms with Crippen LogP contribution in [0.4, 0.5) is 5.69 Å². The van der Waals surface area contributed by atoms with Crippen LogP contribution in [-0.2, 0) is 4.57 Å². The molecule has 0 bridgehead atoms. The standard InChI is InChI=1S/C21H22NOP/c1-22(2)18-13-15-19(16-14-18)24(3,23)21-12-8-7-11-20(21)17-9-5-4-6-10-17/h4-16H,1-3H3. The van der Waals surface area contributed by atoms with Crippen LogP contribution in [0.25, 0.3) is 11.1 Å². The van der Waals surface area contributed by atoms with Crippen molar-refractivity contribution in [3.8, 4) is 11.1 Å². The highest BCUT2D eigenvalue weighted by atomic mass is 31.2. The van der Waals surface area contributed by atoms with Crippen molar-refractivity contribution >= 4 is 23.4 Å². The Morgan fingerprint density at radius 1 is 0.750 bits per heavy atom. The summed E-state index contributed by atoms with van der Waals surface area (Å²) in [7, 11) is 1.34. The third-order valence-electron chi connectivity index (χ3n) is 4.31. The molecule has 24 heavy (non-hydrogen) atoms. The summed E-state index contributed by atoms with van der Waals surface area (Å²) >= 11 is 0. The first-order valence-corrected chi connectivity index (χ1v) is 10.2. The van der Waals surface area contributed by atoms with Crippen LogP contribution in [0.5, 0.6) is 0 Å². The molecule has 0 saturated carbocycles. The number of hydrogen-bond acceptors (Lipinski definition) is 2. The first-order chi connectivity index (χ1) is 11.5. The van der Waals surface area contributed by atoms with Crippen molar-refractivity contribution < 1.29 is 4.57 Å². The van der Waals surface area contributed by atoms with E-state index in [1.807, 2.05) is 86.3 Å². The zero-order valence-electron chi connectivity index (χ0n) is 14.3. The molecule has 2 nitrogen and oxygen atoms in total. The van der Waals surface area contributed by atoms with Crippen LogP contribution in [0, 0.1) is 0 Å². The van der Waals surface area contributed by atoms with E-state index in [0.717, 1.165) is 27.4 Å². The Hall–Kier alpha value is -2.31. The van der Waals surface area contributed by atoms with E-state index in [9.17, 15) is 4.57 Å². The quantitative estimate of drug-likeness (QED) is 0.660. The highest BCUT2D eigenvalue weighted by Gasteiger charge is 2.24. The summed E-state index contributed by atoms with van der Waals surface area (Å²) in [5.41, 5.74) is 3.25. The van der Waals surface area contributed by atoms with Gasteiger partial charge < -0.3 is 9.46 Å². The van der Waals surface area contributed by atoms with Gasteiger partial charge in [-0.1, -0.05) is 54.6 Å². The minimum absolute atomic E-state index is 0.886. The number of benzene rings is 3. The van der Waals surface area contributed by atoms with E-state index in [1.165, 1.54) is 0 Å². The van der Waals surface area contributed by atoms with Crippen LogP contribution in [-0.4, -0.2) is 20.8 Å². The van der Waals surface area contributed by atoms with Gasteiger partial charge in [-0.2, -0.15) is 0 Å². The molecule has 0 spiro atoms. The fourth-order valence-corrected chi connectivity index (χ4v) is 4.91. The molecule has 0 N–H and O–H groups in total. The highest BCUT2D eigenvalue weighted by Crippen LogP contribution is 2.42. The largest absolute Gasteiger partial charge is 0.378 e. The monoisotopic (exact) mass is 335 g/mol. The van der Waals surface area contributed by atoms with Crippen LogP contribution in [0.1, 0.15) is 0 Å². The first-order valence-electron chi connectivity index (χ1n) is 8.00. The van der Waals surface area contributed by atoms with E-state index in [2.05, 4.69) is 18.2 Å². The third-order valence-corrected chi connectivity index (χ3v) is 6.90. The lowest BCUT2D eigenvalue weighted by molar-refractivity contribution is 0.590. The molecule has 3 aromatic carbocycles. The van der Waals surface area contributed by atoms with E-state index in [-0.39, 0.29) is 0 Å². The van der Waals surface area contributed by atoms with Gasteiger partial charge in [0, 0.05) is 30.4 Å². The van der Waals surface area contributed by atoms with Crippen molar-refractivity contribution in [1.82, 2.24) is 0 Å². The van der Waals surface area contributed by atoms with Gasteiger partial charge in [-0.15, -0.1) is 0 Å². The van der Waals surface area contributed by atoms with Crippen LogP contribution in [0.15, 0.2) is 78.9 Å². The summed E-state index contributed by atoms with van der Waals surface area (Å²) in [6.45, 7) is 1.86. The fourth-order valence-electron chi connectivity index (χ4n) is 2.88. The summed E-state index contributed by atoms with van der Waals surface area (Å²) in [6.07, 6.45) is 0. The van der Waals surface area contributed by atoms with E-state index in [0.29, 0.717) is 0 Å². The highest BCUT2D eigenvalue weighted by molar-refractivity contribution is 7.78. The minimum atomic E-state index is -2.67. The topological polar surface area (TPSA) is 20.3 Å². The average Bonchev–Trinajstić information content (AvgIpc) is 2.62. The molecule has 122 valence electrons. The van der Waals surface area contributed by atoms with Gasteiger partial charge in [0.2, 0.25) is 0 Å². The predicted molar refractivity (Wildman–Crippen MR) is 105 cm³/mol. The molecule has 0 aliphatic rings. The molecule has 3 aromatic rings. The van der Waals surface area contributed by atoms with E-state index in [1.54, 1.807) is 0 Å². The zero-order chi connectivity index (χ0) is 17.2. The number of hydrogen-bond donors (Lipinski definition) is 0. The molecule has 0 saturated heterocycles. The maximum absolute atomic E-state index is 13.7. The summed E-state index contributed by atoms with van der Waals surface area (Å²) in [5.74, 6) is 0. The molecule has 0 fully saturated rings. The van der Waals surface area contributed by atoms with Gasteiger partial charge in [-0.05, 0) is 42.1 Å². The second-order valence-electron chi connectivity index (χ2n) is 6.22. The Bertz CT molecular complexity index is 870. The van der Waals surface area contributed by atoms with Crippen LogP contribution in [0.2, 0.25) is 0 Å². The molecule has 3 rings (SSSR count). The normalized spacial score (nSPS) is 13.3. The van der Waals surface area contributed by atoms with Crippen molar-refractivity contribution in [2.45, 2.75) is 0 Å². The van der Waals surface area contributed by atoms with Crippen LogP contribution >= 0.6 is 7.14 Å². The summed E-state index contributed by atoms with van der Waals surface area (Å²) in [5, 5.41) is 1.80. The Kier molecular flexibility index (Phi) is 4.59. The maximum atomic E-state index is 13.7. The summed E-state index contributed by atoms with van der Waals surface area (Å²) in [6, 6.07) is 26.2. The van der Waals surface area contributed by atoms with Gasteiger partial charge in [0.05, 0.1) is 0 Å². The van der Waals surface area contributed by atoms with Crippen LogP contribution in [0.3, 0.4) is 0 Å². The zero-order valence-corrected chi connectivity index (χ0v) is 15.2. The van der Waals surface area contributed by atoms with Gasteiger partial charge in [0.15, 0.2) is 0 Å². The minimum Gasteiger partial charge on any atom is -0.378 e. The summed E-state index contributed by atoms with van der Waals surface area (Å²) in [4.78, 5) is 2.04. The van der Waals surface area contributed by atoms with Crippen molar-refractivity contribution in [2.24, 2.45) is 0 Å². The molecular formula is C21H22NOP. The molecule has 0 radical (unpaired) electrons. The SMILES string of the molecule is CN(C)c1ccc(P(C)(=O)c2ccccc2-c2ccccc2)cc1. The Morgan fingerprint density at radius 3 is 1.96 bits per heavy atom. The molecule has 0 amide bonds. The molecule has 0 aromatic heterocycles. The van der Waals surface area contributed by atoms with Crippen LogP contribution < -0.4 is 15.5 Å². The fraction of sp³-hybridized carbons (Fsp3) is 0.143. The van der Waals surface area contributed by atoms with E-state index < -0.39 is 7.14 Å². The second kappa shape index (κ2) is 6.67. The van der Waals surface area contributed by atoms with E-state index in [4.69, 9.17) is 0 Å². The summed E-state index contributed by atoms with van der Waals surface area (Å²) < 4.78 is 13.7. The van der Waals surface area contributed by atoms with Gasteiger partial charge in [0.1, 0.15) is 7.14 Å². The molecule has 0 aliphatic heterocycles. The van der Waals surface area contributed by atoms with Crippen molar-refractivity contribution in [3.63, 3.8) is 0 Å². The molecule has 1 atom stereocenters. The Morgan fingerprint density at radius 2 is 1.33 bits per heavy atom. The lowest BCUT2D eigenvalue weighted by atomic mass is 10.1. The van der Waals surface area contributed by atoms with E-state index >= 15 is 0 Å². The molecule has 0 heterocycles. The van der Waals surface area contributed by atoms with Crippen molar-refractivity contribution in [2.75, 3.05) is 25.7 Å². The smallest absolute Gasteiger partial charge is 0.140 e. The van der Waals surface area contributed by atoms with Gasteiger partial charge in [-0.25, -0.2) is 0 Å². The lowest BCUT2D eigenvalue weighted by Gasteiger charge is -2.19. The molecule has 1 unspecified atom stereocenters. The van der Waals surface area contributed by atoms with Gasteiger partial charge in [0.25, 0.3) is 0 Å². The van der Waals surface area contributed by atoms with Crippen molar-refractivity contribution in [3.05, 3.63) is 78.9 Å². The molecule has 3 heteroatoms.